The van der Waals surface area contributed by atoms with Gasteiger partial charge in [-0.15, -0.1) is 0 Å². The highest BCUT2D eigenvalue weighted by molar-refractivity contribution is 5.84. The van der Waals surface area contributed by atoms with Crippen LogP contribution in [0.2, 0.25) is 0 Å². The average molecular weight is 399 g/mol. The summed E-state index contributed by atoms with van der Waals surface area (Å²) in [4.78, 5) is 25.9. The van der Waals surface area contributed by atoms with Gasteiger partial charge in [0.2, 0.25) is 0 Å². The molecule has 0 aromatic heterocycles. The minimum absolute atomic E-state index is 0.0455. The molecule has 2 aliphatic rings. The summed E-state index contributed by atoms with van der Waals surface area (Å²) in [5, 5.41) is 9.67. The summed E-state index contributed by atoms with van der Waals surface area (Å²) in [6, 6.07) is 24.8. The third-order valence-corrected chi connectivity index (χ3v) is 6.16. The van der Waals surface area contributed by atoms with Crippen molar-refractivity contribution in [2.45, 2.75) is 17.9 Å². The fraction of sp³-hybridized carbons (Fsp3) is 0.200. The van der Waals surface area contributed by atoms with Crippen molar-refractivity contribution in [3.63, 3.8) is 0 Å². The van der Waals surface area contributed by atoms with Gasteiger partial charge in [0.15, 0.2) is 0 Å². The molecule has 2 unspecified atom stereocenters. The van der Waals surface area contributed by atoms with Crippen molar-refractivity contribution in [2.24, 2.45) is 0 Å². The molecule has 5 heteroatoms. The van der Waals surface area contributed by atoms with Crippen molar-refractivity contribution in [1.29, 1.82) is 0 Å². The first-order chi connectivity index (χ1) is 14.6. The average Bonchev–Trinajstić information content (AvgIpc) is 3.06. The minimum atomic E-state index is -1.01. The number of benzene rings is 3. The van der Waals surface area contributed by atoms with Crippen LogP contribution in [0.1, 0.15) is 28.5 Å². The summed E-state index contributed by atoms with van der Waals surface area (Å²) in [5.74, 6) is -1.27. The lowest BCUT2D eigenvalue weighted by Crippen LogP contribution is -2.61. The van der Waals surface area contributed by atoms with Gasteiger partial charge in [-0.3, -0.25) is 4.90 Å². The number of hydrogen-bond acceptors (Lipinski definition) is 3. The lowest BCUT2D eigenvalue weighted by Gasteiger charge is -2.44. The number of carboxylic acid groups (broad SMARTS) is 1. The van der Waals surface area contributed by atoms with Gasteiger partial charge in [-0.25, -0.2) is 9.59 Å². The number of nitrogens with zero attached hydrogens (tertiary/aromatic N) is 1. The molecule has 1 saturated heterocycles. The predicted octanol–water partition coefficient (Wildman–Crippen LogP) is 4.49. The number of amides is 1. The maximum atomic E-state index is 12.7. The zero-order chi connectivity index (χ0) is 20.7. The second-order valence-electron chi connectivity index (χ2n) is 7.76. The van der Waals surface area contributed by atoms with E-state index >= 15 is 0 Å². The molecule has 0 spiro atoms. The Morgan fingerprint density at radius 2 is 1.43 bits per heavy atom. The number of carboxylic acids is 1. The first-order valence-electron chi connectivity index (χ1n) is 10.0. The van der Waals surface area contributed by atoms with Gasteiger partial charge in [-0.05, 0) is 27.8 Å². The van der Waals surface area contributed by atoms with Crippen molar-refractivity contribution >= 4 is 12.1 Å². The van der Waals surface area contributed by atoms with Crippen LogP contribution >= 0.6 is 0 Å². The van der Waals surface area contributed by atoms with Crippen molar-refractivity contribution < 1.29 is 19.4 Å². The summed E-state index contributed by atoms with van der Waals surface area (Å²) < 4.78 is 5.63. The van der Waals surface area contributed by atoms with E-state index in [-0.39, 0.29) is 18.4 Å². The number of aliphatic carboxylic acids is 1. The van der Waals surface area contributed by atoms with Crippen LogP contribution in [0.3, 0.4) is 0 Å². The van der Waals surface area contributed by atoms with Gasteiger partial charge in [-0.1, -0.05) is 78.9 Å². The Morgan fingerprint density at radius 3 is 2.03 bits per heavy atom. The number of rotatable bonds is 4. The summed E-state index contributed by atoms with van der Waals surface area (Å²) in [7, 11) is 0. The van der Waals surface area contributed by atoms with E-state index in [0.29, 0.717) is 6.54 Å². The van der Waals surface area contributed by atoms with E-state index in [2.05, 4.69) is 24.3 Å². The number of likely N-dealkylation sites (tertiary alicyclic amines) is 1. The molecular weight excluding hydrogens is 378 g/mol. The van der Waals surface area contributed by atoms with Crippen molar-refractivity contribution in [2.75, 3.05) is 13.2 Å². The minimum Gasteiger partial charge on any atom is -0.480 e. The normalized spacial score (nSPS) is 19.5. The summed E-state index contributed by atoms with van der Waals surface area (Å²) in [5.41, 5.74) is 5.50. The topological polar surface area (TPSA) is 66.8 Å². The fourth-order valence-electron chi connectivity index (χ4n) is 4.66. The largest absolute Gasteiger partial charge is 0.480 e. The molecule has 2 atom stereocenters. The highest BCUT2D eigenvalue weighted by Crippen LogP contribution is 2.44. The Bertz CT molecular complexity index is 1070. The Balaban J connectivity index is 1.32. The maximum absolute atomic E-state index is 12.7. The van der Waals surface area contributed by atoms with Crippen LogP contribution in [-0.2, 0) is 9.53 Å². The second kappa shape index (κ2) is 7.34. The number of fused-ring (bicyclic) bond motifs is 3. The standard InChI is InChI=1S/C25H21NO4/c27-24(28)23-21(16-8-2-1-3-9-16)14-26(23)25(29)30-15-22-19-12-6-4-10-17(19)18-11-5-7-13-20(18)22/h1-13,21-23H,14-15H2,(H,27,28). The van der Waals surface area contributed by atoms with Crippen LogP contribution in [0.15, 0.2) is 78.9 Å². The van der Waals surface area contributed by atoms with Gasteiger partial charge in [0.25, 0.3) is 0 Å². The lowest BCUT2D eigenvalue weighted by molar-refractivity contribution is -0.148. The third kappa shape index (κ3) is 2.94. The van der Waals surface area contributed by atoms with E-state index in [9.17, 15) is 14.7 Å². The number of carbonyl (C=O) groups excluding carboxylic acids is 1. The molecule has 1 aliphatic carbocycles. The van der Waals surface area contributed by atoms with Crippen molar-refractivity contribution in [3.8, 4) is 11.1 Å². The zero-order valence-corrected chi connectivity index (χ0v) is 16.3. The van der Waals surface area contributed by atoms with Crippen LogP contribution in [0.5, 0.6) is 0 Å². The van der Waals surface area contributed by atoms with Crippen LogP contribution < -0.4 is 0 Å². The molecule has 1 N–H and O–H groups in total. The van der Waals surface area contributed by atoms with E-state index in [1.807, 2.05) is 54.6 Å². The molecule has 150 valence electrons. The van der Waals surface area contributed by atoms with Crippen LogP contribution in [0.25, 0.3) is 11.1 Å². The third-order valence-electron chi connectivity index (χ3n) is 6.16. The quantitative estimate of drug-likeness (QED) is 0.702. The molecule has 1 amide bonds. The highest BCUT2D eigenvalue weighted by atomic mass is 16.6. The first-order valence-corrected chi connectivity index (χ1v) is 10.0. The van der Waals surface area contributed by atoms with Gasteiger partial charge in [0.1, 0.15) is 12.6 Å². The molecule has 1 aliphatic heterocycles. The Kier molecular flexibility index (Phi) is 4.51. The Morgan fingerprint density at radius 1 is 0.867 bits per heavy atom. The summed E-state index contributed by atoms with van der Waals surface area (Å²) >= 11 is 0. The lowest BCUT2D eigenvalue weighted by atomic mass is 9.83. The molecule has 5 nitrogen and oxygen atoms in total. The number of ether oxygens (including phenoxy) is 1. The molecule has 5 rings (SSSR count). The van der Waals surface area contributed by atoms with E-state index in [1.165, 1.54) is 4.90 Å². The van der Waals surface area contributed by atoms with Crippen LogP contribution in [-0.4, -0.2) is 41.3 Å². The number of carbonyl (C=O) groups is 2. The molecule has 3 aromatic rings. The van der Waals surface area contributed by atoms with Gasteiger partial charge in [0, 0.05) is 18.4 Å². The SMILES string of the molecule is O=C(O)C1C(c2ccccc2)CN1C(=O)OCC1c2ccccc2-c2ccccc21. The molecule has 1 heterocycles. The molecule has 1 fully saturated rings. The van der Waals surface area contributed by atoms with Gasteiger partial charge >= 0.3 is 12.1 Å². The van der Waals surface area contributed by atoms with Gasteiger partial charge in [-0.2, -0.15) is 0 Å². The molecular formula is C25H21NO4. The van der Waals surface area contributed by atoms with E-state index in [4.69, 9.17) is 4.74 Å². The first kappa shape index (κ1) is 18.4. The predicted molar refractivity (Wildman–Crippen MR) is 112 cm³/mol. The summed E-state index contributed by atoms with van der Waals surface area (Å²) in [6.45, 7) is 0.531. The highest BCUT2D eigenvalue weighted by Gasteiger charge is 2.48. The zero-order valence-electron chi connectivity index (χ0n) is 16.3. The monoisotopic (exact) mass is 399 g/mol. The maximum Gasteiger partial charge on any atom is 0.410 e. The van der Waals surface area contributed by atoms with E-state index < -0.39 is 18.1 Å². The molecule has 0 bridgehead atoms. The van der Waals surface area contributed by atoms with Gasteiger partial charge in [0.05, 0.1) is 0 Å². The number of hydrogen-bond donors (Lipinski definition) is 1. The van der Waals surface area contributed by atoms with Crippen molar-refractivity contribution in [3.05, 3.63) is 95.6 Å². The van der Waals surface area contributed by atoms with E-state index in [1.54, 1.807) is 0 Å². The van der Waals surface area contributed by atoms with Gasteiger partial charge < -0.3 is 9.84 Å². The van der Waals surface area contributed by atoms with Crippen LogP contribution in [0, 0.1) is 0 Å². The Labute approximate surface area is 174 Å². The van der Waals surface area contributed by atoms with Crippen molar-refractivity contribution in [1.82, 2.24) is 4.90 Å². The molecule has 30 heavy (non-hydrogen) atoms. The molecule has 0 saturated carbocycles. The molecule has 3 aromatic carbocycles. The van der Waals surface area contributed by atoms with Crippen LogP contribution in [0.4, 0.5) is 4.79 Å². The smallest absolute Gasteiger partial charge is 0.410 e. The second-order valence-corrected chi connectivity index (χ2v) is 7.76. The molecule has 0 radical (unpaired) electrons. The van der Waals surface area contributed by atoms with E-state index in [0.717, 1.165) is 27.8 Å². The fourth-order valence-corrected chi connectivity index (χ4v) is 4.66. The Hall–Kier alpha value is -3.60. The summed E-state index contributed by atoms with van der Waals surface area (Å²) in [6.07, 6.45) is -0.573.